The Labute approximate surface area is 143 Å². The number of benzene rings is 1. The Balaban J connectivity index is 2.92. The molecule has 0 atom stereocenters. The number of nitro groups is 1. The third-order valence-electron chi connectivity index (χ3n) is 2.36. The molecule has 0 aliphatic rings. The van der Waals surface area contributed by atoms with Gasteiger partial charge in [0.2, 0.25) is 9.05 Å². The molecule has 10 heteroatoms. The van der Waals surface area contributed by atoms with Gasteiger partial charge in [-0.2, -0.15) is 0 Å². The highest BCUT2D eigenvalue weighted by molar-refractivity contribution is 9.11. The SMILES string of the molecule is CC(C)(COc1c(Br)cc([N+](=O)[O-])cc1Br)CS(=O)(=O)Cl. The van der Waals surface area contributed by atoms with E-state index in [4.69, 9.17) is 15.4 Å². The topological polar surface area (TPSA) is 86.5 Å². The number of rotatable bonds is 6. The smallest absolute Gasteiger partial charge is 0.271 e. The maximum atomic E-state index is 11.1. The molecule has 0 aromatic heterocycles. The Morgan fingerprint density at radius 2 is 1.81 bits per heavy atom. The fourth-order valence-corrected chi connectivity index (χ4v) is 4.86. The Morgan fingerprint density at radius 1 is 1.33 bits per heavy atom. The maximum Gasteiger partial charge on any atom is 0.271 e. The van der Waals surface area contributed by atoms with Gasteiger partial charge in [0.25, 0.3) is 5.69 Å². The lowest BCUT2D eigenvalue weighted by molar-refractivity contribution is -0.385. The molecule has 0 amide bonds. The predicted octanol–water partition coefficient (Wildman–Crippen LogP) is 4.09. The summed E-state index contributed by atoms with van der Waals surface area (Å²) < 4.78 is 28.6. The van der Waals surface area contributed by atoms with Crippen LogP contribution in [-0.4, -0.2) is 25.7 Å². The third-order valence-corrected chi connectivity index (χ3v) is 5.00. The van der Waals surface area contributed by atoms with Gasteiger partial charge in [-0.05, 0) is 31.9 Å². The lowest BCUT2D eigenvalue weighted by Crippen LogP contribution is -2.28. The van der Waals surface area contributed by atoms with E-state index in [1.165, 1.54) is 12.1 Å². The second-order valence-electron chi connectivity index (χ2n) is 5.13. The van der Waals surface area contributed by atoms with Crippen molar-refractivity contribution >= 4 is 57.3 Å². The van der Waals surface area contributed by atoms with Gasteiger partial charge in [-0.15, -0.1) is 0 Å². The van der Waals surface area contributed by atoms with Gasteiger partial charge in [-0.3, -0.25) is 10.1 Å². The fourth-order valence-electron chi connectivity index (χ4n) is 1.57. The molecule has 1 rings (SSSR count). The van der Waals surface area contributed by atoms with Crippen molar-refractivity contribution in [3.63, 3.8) is 0 Å². The van der Waals surface area contributed by atoms with Crippen molar-refractivity contribution in [3.8, 4) is 5.75 Å². The standard InChI is InChI=1S/C11H12Br2ClNO5S/c1-11(2,6-21(14,18)19)5-20-10-8(12)3-7(15(16)17)4-9(10)13/h3-4H,5-6H2,1-2H3. The minimum atomic E-state index is -3.64. The van der Waals surface area contributed by atoms with Crippen molar-refractivity contribution in [1.29, 1.82) is 0 Å². The highest BCUT2D eigenvalue weighted by Crippen LogP contribution is 2.38. The molecule has 0 saturated heterocycles. The van der Waals surface area contributed by atoms with Crippen LogP contribution in [0.4, 0.5) is 5.69 Å². The number of nitro benzene ring substituents is 1. The zero-order valence-electron chi connectivity index (χ0n) is 11.1. The zero-order chi connectivity index (χ0) is 16.4. The summed E-state index contributed by atoms with van der Waals surface area (Å²) in [5.41, 5.74) is -0.801. The van der Waals surface area contributed by atoms with E-state index >= 15 is 0 Å². The Kier molecular flexibility index (Phi) is 6.05. The molecule has 1 aromatic rings. The average Bonchev–Trinajstić information content (AvgIpc) is 2.23. The van der Waals surface area contributed by atoms with Crippen molar-refractivity contribution in [2.24, 2.45) is 5.41 Å². The number of hydrogen-bond donors (Lipinski definition) is 0. The van der Waals surface area contributed by atoms with Gasteiger partial charge in [0.1, 0.15) is 5.75 Å². The second kappa shape index (κ2) is 6.80. The predicted molar refractivity (Wildman–Crippen MR) is 87.4 cm³/mol. The van der Waals surface area contributed by atoms with Crippen LogP contribution < -0.4 is 4.74 Å². The van der Waals surface area contributed by atoms with Crippen molar-refractivity contribution in [1.82, 2.24) is 0 Å². The van der Waals surface area contributed by atoms with Crippen LogP contribution in [0.2, 0.25) is 0 Å². The van der Waals surface area contributed by atoms with Gasteiger partial charge in [-0.1, -0.05) is 13.8 Å². The molecule has 0 radical (unpaired) electrons. The molecule has 0 aliphatic carbocycles. The van der Waals surface area contributed by atoms with Crippen LogP contribution in [0, 0.1) is 15.5 Å². The summed E-state index contributed by atoms with van der Waals surface area (Å²) in [6, 6.07) is 2.62. The molecule has 0 aliphatic heterocycles. The van der Waals surface area contributed by atoms with E-state index in [-0.39, 0.29) is 18.0 Å². The summed E-state index contributed by atoms with van der Waals surface area (Å²) in [6.07, 6.45) is 0. The first-order chi connectivity index (χ1) is 9.41. The van der Waals surface area contributed by atoms with E-state index in [0.29, 0.717) is 14.7 Å². The summed E-state index contributed by atoms with van der Waals surface area (Å²) in [6.45, 7) is 3.47. The molecule has 0 heterocycles. The zero-order valence-corrected chi connectivity index (χ0v) is 15.8. The summed E-state index contributed by atoms with van der Waals surface area (Å²) in [5.74, 6) is 0.115. The first-order valence-corrected chi connectivity index (χ1v) is 9.66. The summed E-state index contributed by atoms with van der Waals surface area (Å²) >= 11 is 6.38. The number of nitrogens with zero attached hydrogens (tertiary/aromatic N) is 1. The van der Waals surface area contributed by atoms with Crippen LogP contribution in [0.25, 0.3) is 0 Å². The lowest BCUT2D eigenvalue weighted by Gasteiger charge is -2.23. The highest BCUT2D eigenvalue weighted by Gasteiger charge is 2.27. The quantitative estimate of drug-likeness (QED) is 0.359. The molecule has 0 spiro atoms. The third kappa shape index (κ3) is 6.09. The normalized spacial score (nSPS) is 12.2. The van der Waals surface area contributed by atoms with Gasteiger partial charge < -0.3 is 4.74 Å². The number of hydrogen-bond acceptors (Lipinski definition) is 5. The Hall–Kier alpha value is -0.380. The number of halogens is 3. The van der Waals surface area contributed by atoms with Gasteiger partial charge in [-0.25, -0.2) is 8.42 Å². The molecule has 0 saturated carbocycles. The molecule has 1 aromatic carbocycles. The average molecular weight is 466 g/mol. The minimum Gasteiger partial charge on any atom is -0.491 e. The van der Waals surface area contributed by atoms with E-state index in [1.54, 1.807) is 13.8 Å². The monoisotopic (exact) mass is 463 g/mol. The van der Waals surface area contributed by atoms with Crippen LogP contribution in [0.5, 0.6) is 5.75 Å². The van der Waals surface area contributed by atoms with Gasteiger partial charge in [0.05, 0.1) is 26.2 Å². The molecule has 21 heavy (non-hydrogen) atoms. The van der Waals surface area contributed by atoms with Crippen LogP contribution >= 0.6 is 42.5 Å². The van der Waals surface area contributed by atoms with E-state index in [2.05, 4.69) is 31.9 Å². The van der Waals surface area contributed by atoms with Crippen LogP contribution in [0.1, 0.15) is 13.8 Å². The number of ether oxygens (including phenoxy) is 1. The van der Waals surface area contributed by atoms with Crippen LogP contribution in [0.3, 0.4) is 0 Å². The second-order valence-corrected chi connectivity index (χ2v) is 9.62. The molecule has 0 N–H and O–H groups in total. The fraction of sp³-hybridized carbons (Fsp3) is 0.455. The largest absolute Gasteiger partial charge is 0.491 e. The van der Waals surface area contributed by atoms with Crippen molar-refractivity contribution in [3.05, 3.63) is 31.2 Å². The van der Waals surface area contributed by atoms with Gasteiger partial charge in [0.15, 0.2) is 0 Å². The summed E-state index contributed by atoms with van der Waals surface area (Å²) in [4.78, 5) is 10.2. The van der Waals surface area contributed by atoms with Gasteiger partial charge >= 0.3 is 0 Å². The van der Waals surface area contributed by atoms with E-state index in [0.717, 1.165) is 0 Å². The molecular formula is C11H12Br2ClNO5S. The van der Waals surface area contributed by atoms with Crippen molar-refractivity contribution in [2.45, 2.75) is 13.8 Å². The van der Waals surface area contributed by atoms with E-state index in [1.807, 2.05) is 0 Å². The highest BCUT2D eigenvalue weighted by atomic mass is 79.9. The Bertz CT molecular complexity index is 640. The van der Waals surface area contributed by atoms with Crippen LogP contribution in [-0.2, 0) is 9.05 Å². The van der Waals surface area contributed by atoms with Crippen LogP contribution in [0.15, 0.2) is 21.1 Å². The molecule has 0 fully saturated rings. The summed E-state index contributed by atoms with van der Waals surface area (Å²) in [5, 5.41) is 10.7. The number of non-ortho nitro benzene ring substituents is 1. The first-order valence-electron chi connectivity index (χ1n) is 5.60. The molecule has 0 unspecified atom stereocenters. The lowest BCUT2D eigenvalue weighted by atomic mass is 9.98. The van der Waals surface area contributed by atoms with Crippen molar-refractivity contribution in [2.75, 3.05) is 12.4 Å². The van der Waals surface area contributed by atoms with Gasteiger partial charge in [0, 0.05) is 28.2 Å². The molecule has 6 nitrogen and oxygen atoms in total. The molecular weight excluding hydrogens is 453 g/mol. The first kappa shape index (κ1) is 18.7. The maximum absolute atomic E-state index is 11.1. The Morgan fingerprint density at radius 3 is 2.19 bits per heavy atom. The molecule has 0 bridgehead atoms. The van der Waals surface area contributed by atoms with E-state index in [9.17, 15) is 18.5 Å². The van der Waals surface area contributed by atoms with Crippen molar-refractivity contribution < 1.29 is 18.1 Å². The summed E-state index contributed by atoms with van der Waals surface area (Å²) in [7, 11) is 1.60. The van der Waals surface area contributed by atoms with E-state index < -0.39 is 19.4 Å². The minimum absolute atomic E-state index is 0.0773. The molecule has 118 valence electrons.